The normalized spacial score (nSPS) is 20.7. The Bertz CT molecular complexity index is 1070. The van der Waals surface area contributed by atoms with Crippen LogP contribution in [-0.4, -0.2) is 50.4 Å². The first-order valence-corrected chi connectivity index (χ1v) is 12.4. The van der Waals surface area contributed by atoms with Crippen LogP contribution in [0.2, 0.25) is 5.02 Å². The van der Waals surface area contributed by atoms with Gasteiger partial charge >= 0.3 is 0 Å². The van der Waals surface area contributed by atoms with E-state index in [1.807, 2.05) is 49.4 Å². The van der Waals surface area contributed by atoms with Gasteiger partial charge in [0.1, 0.15) is 0 Å². The van der Waals surface area contributed by atoms with E-state index in [0.717, 1.165) is 41.3 Å². The Balaban J connectivity index is 1.42. The van der Waals surface area contributed by atoms with Crippen molar-refractivity contribution < 1.29 is 13.5 Å². The van der Waals surface area contributed by atoms with E-state index < -0.39 is 16.1 Å². The van der Waals surface area contributed by atoms with Gasteiger partial charge in [-0.2, -0.15) is 0 Å². The fraction of sp³-hybridized carbons (Fsp3) is 0.391. The molecule has 0 radical (unpaired) electrons. The fourth-order valence-electron chi connectivity index (χ4n) is 4.49. The number of benzene rings is 2. The highest BCUT2D eigenvalue weighted by molar-refractivity contribution is 7.92. The van der Waals surface area contributed by atoms with E-state index in [9.17, 15) is 13.5 Å². The Kier molecular flexibility index (Phi) is 5.95. The Hall–Kier alpha value is -1.86. The number of fused-ring (bicyclic) bond motifs is 1. The molecule has 2 aromatic carbocycles. The van der Waals surface area contributed by atoms with Crippen molar-refractivity contribution >= 4 is 32.9 Å². The van der Waals surface area contributed by atoms with Crippen LogP contribution >= 0.6 is 11.6 Å². The van der Waals surface area contributed by atoms with Crippen LogP contribution in [0.3, 0.4) is 0 Å². The van der Waals surface area contributed by atoms with Crippen molar-refractivity contribution in [1.29, 1.82) is 0 Å². The van der Waals surface area contributed by atoms with Crippen LogP contribution in [-0.2, 0) is 16.4 Å². The van der Waals surface area contributed by atoms with Crippen molar-refractivity contribution in [2.45, 2.75) is 31.9 Å². The monoisotopic (exact) mass is 446 g/mol. The molecule has 2 aliphatic rings. The quantitative estimate of drug-likeness (QED) is 0.757. The number of rotatable bonds is 5. The van der Waals surface area contributed by atoms with Gasteiger partial charge < -0.3 is 5.11 Å². The van der Waals surface area contributed by atoms with Crippen molar-refractivity contribution in [2.75, 3.05) is 30.2 Å². The summed E-state index contributed by atoms with van der Waals surface area (Å²) in [6, 6.07) is 13.4. The lowest BCUT2D eigenvalue weighted by atomic mass is 9.98. The van der Waals surface area contributed by atoms with Crippen LogP contribution < -0.4 is 4.31 Å². The van der Waals surface area contributed by atoms with Gasteiger partial charge in [0.2, 0.25) is 10.0 Å². The average molecular weight is 447 g/mol. The number of aliphatic hydroxyl groups is 1. The van der Waals surface area contributed by atoms with Gasteiger partial charge in [0.25, 0.3) is 0 Å². The first-order valence-electron chi connectivity index (χ1n) is 10.2. The van der Waals surface area contributed by atoms with Crippen LogP contribution in [0.15, 0.2) is 48.5 Å². The van der Waals surface area contributed by atoms with Gasteiger partial charge in [-0.05, 0) is 60.2 Å². The van der Waals surface area contributed by atoms with Gasteiger partial charge in [-0.1, -0.05) is 41.9 Å². The molecule has 2 heterocycles. The maximum atomic E-state index is 12.1. The Morgan fingerprint density at radius 3 is 2.57 bits per heavy atom. The highest BCUT2D eigenvalue weighted by Gasteiger charge is 2.33. The molecule has 2 aromatic rings. The summed E-state index contributed by atoms with van der Waals surface area (Å²) in [6.45, 7) is 4.14. The van der Waals surface area contributed by atoms with Crippen LogP contribution in [0.25, 0.3) is 5.57 Å². The minimum atomic E-state index is -3.30. The smallest absolute Gasteiger partial charge is 0.232 e. The summed E-state index contributed by atoms with van der Waals surface area (Å²) in [6.07, 6.45) is 4.44. The van der Waals surface area contributed by atoms with E-state index in [1.165, 1.54) is 21.7 Å². The summed E-state index contributed by atoms with van der Waals surface area (Å²) in [4.78, 5) is 2.24. The van der Waals surface area contributed by atoms with E-state index >= 15 is 0 Å². The van der Waals surface area contributed by atoms with Gasteiger partial charge in [0, 0.05) is 30.7 Å². The van der Waals surface area contributed by atoms with E-state index in [-0.39, 0.29) is 6.04 Å². The van der Waals surface area contributed by atoms with Gasteiger partial charge in [-0.15, -0.1) is 0 Å². The highest BCUT2D eigenvalue weighted by atomic mass is 35.5. The third kappa shape index (κ3) is 4.42. The van der Waals surface area contributed by atoms with Crippen LogP contribution in [0.4, 0.5) is 5.69 Å². The third-order valence-corrected chi connectivity index (χ3v) is 7.46. The van der Waals surface area contributed by atoms with Crippen LogP contribution in [0.5, 0.6) is 0 Å². The van der Waals surface area contributed by atoms with Crippen molar-refractivity contribution in [2.24, 2.45) is 0 Å². The number of hydrogen-bond acceptors (Lipinski definition) is 4. The number of hydrogen-bond donors (Lipinski definition) is 1. The van der Waals surface area contributed by atoms with Crippen molar-refractivity contribution in [3.05, 3.63) is 70.3 Å². The molecular weight excluding hydrogens is 420 g/mol. The molecule has 0 saturated heterocycles. The van der Waals surface area contributed by atoms with E-state index in [0.29, 0.717) is 13.0 Å². The summed E-state index contributed by atoms with van der Waals surface area (Å²) in [5.41, 5.74) is 5.05. The number of halogens is 1. The highest BCUT2D eigenvalue weighted by Crippen LogP contribution is 2.36. The third-order valence-electron chi connectivity index (χ3n) is 5.94. The molecule has 5 nitrogen and oxygen atoms in total. The zero-order valence-electron chi connectivity index (χ0n) is 17.3. The zero-order chi connectivity index (χ0) is 21.5. The average Bonchev–Trinajstić information content (AvgIpc) is 3.04. The molecule has 30 heavy (non-hydrogen) atoms. The molecule has 0 spiro atoms. The van der Waals surface area contributed by atoms with E-state index in [2.05, 4.69) is 11.0 Å². The largest absolute Gasteiger partial charge is 0.387 e. The lowest BCUT2D eigenvalue weighted by Crippen LogP contribution is -2.34. The first-order chi connectivity index (χ1) is 14.2. The molecule has 2 atom stereocenters. The molecular formula is C23H27ClN2O3S. The number of sulfonamides is 1. The summed E-state index contributed by atoms with van der Waals surface area (Å²) in [5.74, 6) is 0. The predicted octanol–water partition coefficient (Wildman–Crippen LogP) is 3.87. The predicted molar refractivity (Wildman–Crippen MR) is 122 cm³/mol. The Morgan fingerprint density at radius 2 is 1.93 bits per heavy atom. The van der Waals surface area contributed by atoms with Gasteiger partial charge in [0.05, 0.1) is 18.0 Å². The lowest BCUT2D eigenvalue weighted by Gasteiger charge is -2.28. The molecule has 0 aromatic heterocycles. The standard InChI is InChI=1S/C23H27ClN2O3S/c1-16-13-20-14-19(5-8-22(20)26(16)30(2,28)29)23(27)15-25-11-9-18(10-12-25)17-3-6-21(24)7-4-17/h3-9,14,16,23,27H,10-13,15H2,1-2H3. The number of β-amino-alcohol motifs (C(OH)–C–C–N with tert-alkyl or cyclic N) is 1. The van der Waals surface area contributed by atoms with E-state index in [1.54, 1.807) is 0 Å². The SMILES string of the molecule is CC1Cc2cc(C(O)CN3CC=C(c4ccc(Cl)cc4)CC3)ccc2N1S(C)(=O)=O. The van der Waals surface area contributed by atoms with Crippen LogP contribution in [0.1, 0.15) is 36.1 Å². The number of anilines is 1. The summed E-state index contributed by atoms with van der Waals surface area (Å²) in [7, 11) is -3.30. The summed E-state index contributed by atoms with van der Waals surface area (Å²) < 4.78 is 25.7. The number of aliphatic hydroxyl groups excluding tert-OH is 1. The second-order valence-electron chi connectivity index (χ2n) is 8.26. The van der Waals surface area contributed by atoms with Gasteiger partial charge in [-0.3, -0.25) is 9.21 Å². The molecule has 0 saturated carbocycles. The first kappa shape index (κ1) is 21.4. The second kappa shape index (κ2) is 8.35. The molecule has 0 fully saturated rings. The molecule has 4 rings (SSSR count). The molecule has 0 bridgehead atoms. The Labute approximate surface area is 183 Å². The summed E-state index contributed by atoms with van der Waals surface area (Å²) in [5, 5.41) is 11.5. The zero-order valence-corrected chi connectivity index (χ0v) is 18.8. The minimum Gasteiger partial charge on any atom is -0.387 e. The molecule has 2 unspecified atom stereocenters. The van der Waals surface area contributed by atoms with Gasteiger partial charge in [-0.25, -0.2) is 8.42 Å². The van der Waals surface area contributed by atoms with Crippen molar-refractivity contribution in [1.82, 2.24) is 4.90 Å². The molecule has 2 aliphatic heterocycles. The van der Waals surface area contributed by atoms with E-state index in [4.69, 9.17) is 11.6 Å². The number of nitrogens with zero attached hydrogens (tertiary/aromatic N) is 2. The van der Waals surface area contributed by atoms with Gasteiger partial charge in [0.15, 0.2) is 0 Å². The molecule has 0 amide bonds. The molecule has 160 valence electrons. The maximum absolute atomic E-state index is 12.1. The molecule has 7 heteroatoms. The topological polar surface area (TPSA) is 60.9 Å². The van der Waals surface area contributed by atoms with Crippen molar-refractivity contribution in [3.63, 3.8) is 0 Å². The Morgan fingerprint density at radius 1 is 1.20 bits per heavy atom. The molecule has 0 aliphatic carbocycles. The fourth-order valence-corrected chi connectivity index (χ4v) is 5.88. The van der Waals surface area contributed by atoms with Crippen molar-refractivity contribution in [3.8, 4) is 0 Å². The second-order valence-corrected chi connectivity index (χ2v) is 10.6. The summed E-state index contributed by atoms with van der Waals surface area (Å²) >= 11 is 5.97. The van der Waals surface area contributed by atoms with Crippen LogP contribution in [0, 0.1) is 0 Å². The lowest BCUT2D eigenvalue weighted by molar-refractivity contribution is 0.119. The minimum absolute atomic E-state index is 0.0964. The maximum Gasteiger partial charge on any atom is 0.232 e. The molecule has 1 N–H and O–H groups in total.